The lowest BCUT2D eigenvalue weighted by atomic mass is 9.86. The van der Waals surface area contributed by atoms with E-state index >= 15 is 0 Å². The van der Waals surface area contributed by atoms with Crippen molar-refractivity contribution in [3.8, 4) is 5.75 Å². The summed E-state index contributed by atoms with van der Waals surface area (Å²) in [5.74, 6) is -12.7. The van der Waals surface area contributed by atoms with E-state index in [1.54, 1.807) is 32.9 Å². The fourth-order valence-corrected chi connectivity index (χ4v) is 5.05. The summed E-state index contributed by atoms with van der Waals surface area (Å²) in [6.45, 7) is 9.74. The number of benzene rings is 2. The molecule has 1 heterocycles. The van der Waals surface area contributed by atoms with Gasteiger partial charge >= 0.3 is 17.8 Å². The van der Waals surface area contributed by atoms with Crippen LogP contribution in [0.2, 0.25) is 0 Å². The van der Waals surface area contributed by atoms with Gasteiger partial charge in [0.15, 0.2) is 17.4 Å². The Morgan fingerprint density at radius 1 is 1.00 bits per heavy atom. The van der Waals surface area contributed by atoms with E-state index in [1.807, 2.05) is 32.9 Å². The van der Waals surface area contributed by atoms with Crippen molar-refractivity contribution in [3.63, 3.8) is 0 Å². The van der Waals surface area contributed by atoms with Gasteiger partial charge < -0.3 is 30.1 Å². The molecule has 3 atom stereocenters. The Balaban J connectivity index is 1.72. The summed E-state index contributed by atoms with van der Waals surface area (Å²) in [5, 5.41) is 16.0. The van der Waals surface area contributed by atoms with Gasteiger partial charge in [-0.2, -0.15) is 8.78 Å². The van der Waals surface area contributed by atoms with Crippen molar-refractivity contribution < 1.29 is 51.3 Å². The Morgan fingerprint density at radius 3 is 2.21 bits per heavy atom. The molecule has 2 aromatic carbocycles. The highest BCUT2D eigenvalue weighted by Crippen LogP contribution is 2.30. The lowest BCUT2D eigenvalue weighted by Crippen LogP contribution is -2.53. The molecule has 3 amide bonds. The van der Waals surface area contributed by atoms with E-state index in [2.05, 4.69) is 10.6 Å². The van der Waals surface area contributed by atoms with Crippen LogP contribution in [-0.2, 0) is 29.3 Å². The molecule has 1 aliphatic rings. The number of nitrogens with zero attached hydrogens (tertiary/aromatic N) is 1. The zero-order valence-corrected chi connectivity index (χ0v) is 27.2. The number of nitrogens with one attached hydrogen (secondary N) is 2. The fraction of sp³-hybridized carbons (Fsp3) is 0.515. The molecule has 0 saturated carbocycles. The number of halogens is 4. The lowest BCUT2D eigenvalue weighted by molar-refractivity contribution is -0.156. The van der Waals surface area contributed by atoms with Crippen molar-refractivity contribution >= 4 is 29.4 Å². The van der Waals surface area contributed by atoms with Gasteiger partial charge in [0.05, 0.1) is 18.4 Å². The van der Waals surface area contributed by atoms with Crippen LogP contribution in [0.5, 0.6) is 5.75 Å². The van der Waals surface area contributed by atoms with Crippen LogP contribution in [0.4, 0.5) is 23.2 Å². The topological polar surface area (TPSA) is 134 Å². The van der Waals surface area contributed by atoms with Gasteiger partial charge in [-0.3, -0.25) is 19.2 Å². The molecule has 3 rings (SSSR count). The first kappa shape index (κ1) is 37.3. The Morgan fingerprint density at radius 2 is 1.62 bits per heavy atom. The van der Waals surface area contributed by atoms with Gasteiger partial charge in [0.25, 0.3) is 0 Å². The zero-order valence-electron chi connectivity index (χ0n) is 27.2. The van der Waals surface area contributed by atoms with E-state index in [0.29, 0.717) is 18.5 Å². The number of aliphatic hydroxyl groups excluding tert-OH is 1. The highest BCUT2D eigenvalue weighted by Gasteiger charge is 2.35. The number of hydrogen-bond donors (Lipinski definition) is 3. The predicted octanol–water partition coefficient (Wildman–Crippen LogP) is 4.37. The average Bonchev–Trinajstić information content (AvgIpc) is 2.98. The summed E-state index contributed by atoms with van der Waals surface area (Å²) in [7, 11) is 0. The first-order valence-corrected chi connectivity index (χ1v) is 15.1. The second kappa shape index (κ2) is 15.1. The van der Waals surface area contributed by atoms with Gasteiger partial charge in [-0.25, -0.2) is 8.78 Å². The van der Waals surface area contributed by atoms with Crippen molar-refractivity contribution in [3.05, 3.63) is 59.2 Å². The van der Waals surface area contributed by atoms with Gasteiger partial charge in [-0.05, 0) is 50.7 Å². The third kappa shape index (κ3) is 10.1. The molecule has 2 aromatic rings. The minimum atomic E-state index is -1.83. The highest BCUT2D eigenvalue weighted by atomic mass is 19.2. The van der Waals surface area contributed by atoms with Crippen LogP contribution < -0.4 is 15.4 Å². The largest absolute Gasteiger partial charge is 0.485 e. The molecule has 1 saturated heterocycles. The summed E-state index contributed by atoms with van der Waals surface area (Å²) < 4.78 is 65.6. The van der Waals surface area contributed by atoms with E-state index in [4.69, 9.17) is 9.47 Å². The molecule has 0 radical (unpaired) electrons. The van der Waals surface area contributed by atoms with Crippen LogP contribution >= 0.6 is 0 Å². The standard InChI is InChI=1S/C33H41F4N3O7/c1-32(2,3)19-11-7-8-12-22(19)38-30(44)31(45)40-13-9-10-18(16-40)29(43)39-23(15-25(42)47-33(4,5)6)24(41)17-46-28-26(36)20(34)14-21(35)27(28)37/h7-8,11-12,14,18,23-24,41H,9-10,13,15-17H2,1-6H3,(H,38,44)(H,39,43)/t18-,23-,24?/m0/s1. The van der Waals surface area contributed by atoms with Gasteiger partial charge in [-0.1, -0.05) is 39.0 Å². The van der Waals surface area contributed by atoms with Crippen molar-refractivity contribution in [1.29, 1.82) is 0 Å². The lowest BCUT2D eigenvalue weighted by Gasteiger charge is -2.33. The predicted molar refractivity (Wildman–Crippen MR) is 163 cm³/mol. The number of ether oxygens (including phenoxy) is 2. The van der Waals surface area contributed by atoms with Crippen LogP contribution in [0.15, 0.2) is 30.3 Å². The molecule has 14 heteroatoms. The number of amides is 3. The number of anilines is 1. The maximum atomic E-state index is 14.1. The molecular formula is C33H41F4N3O7. The number of piperidine rings is 1. The van der Waals surface area contributed by atoms with E-state index in [9.17, 15) is 41.8 Å². The highest BCUT2D eigenvalue weighted by molar-refractivity contribution is 6.39. The summed E-state index contributed by atoms with van der Waals surface area (Å²) in [4.78, 5) is 53.3. The molecule has 3 N–H and O–H groups in total. The van der Waals surface area contributed by atoms with Crippen molar-refractivity contribution in [2.45, 2.75) is 84.0 Å². The minimum absolute atomic E-state index is 0.00782. The second-order valence-electron chi connectivity index (χ2n) is 13.4. The molecule has 1 unspecified atom stereocenters. The van der Waals surface area contributed by atoms with Gasteiger partial charge in [0.2, 0.25) is 17.5 Å². The number of rotatable bonds is 9. The van der Waals surface area contributed by atoms with Crippen LogP contribution in [0.1, 0.15) is 66.4 Å². The summed E-state index contributed by atoms with van der Waals surface area (Å²) >= 11 is 0. The van der Waals surface area contributed by atoms with Crippen molar-refractivity contribution in [1.82, 2.24) is 10.2 Å². The molecule has 0 aromatic heterocycles. The fourth-order valence-electron chi connectivity index (χ4n) is 5.05. The average molecular weight is 668 g/mol. The first-order chi connectivity index (χ1) is 21.8. The van der Waals surface area contributed by atoms with Crippen molar-refractivity contribution in [2.75, 3.05) is 25.0 Å². The molecule has 47 heavy (non-hydrogen) atoms. The van der Waals surface area contributed by atoms with Crippen LogP contribution in [0.3, 0.4) is 0 Å². The molecular weight excluding hydrogens is 626 g/mol. The SMILES string of the molecule is CC(C)(C)OC(=O)C[C@H](NC(=O)[C@H]1CCCN(C(=O)C(=O)Nc2ccccc2C(C)(C)C)C1)C(O)COc1c(F)c(F)cc(F)c1F. The van der Waals surface area contributed by atoms with E-state index in [0.717, 1.165) is 5.56 Å². The first-order valence-electron chi connectivity index (χ1n) is 15.1. The van der Waals surface area contributed by atoms with Crippen LogP contribution in [0, 0.1) is 29.2 Å². The maximum absolute atomic E-state index is 14.1. The number of carbonyl (C=O) groups excluding carboxylic acids is 4. The molecule has 0 bridgehead atoms. The van der Waals surface area contributed by atoms with Gasteiger partial charge in [0, 0.05) is 24.8 Å². The monoisotopic (exact) mass is 667 g/mol. The summed E-state index contributed by atoms with van der Waals surface area (Å²) in [6.07, 6.45) is -1.76. The molecule has 1 fully saturated rings. The number of esters is 1. The number of hydrogen-bond acceptors (Lipinski definition) is 7. The molecule has 10 nitrogen and oxygen atoms in total. The maximum Gasteiger partial charge on any atom is 0.313 e. The van der Waals surface area contributed by atoms with Crippen LogP contribution in [-0.4, -0.2) is 71.1 Å². The molecule has 258 valence electrons. The normalized spacial score (nSPS) is 16.6. The summed E-state index contributed by atoms with van der Waals surface area (Å²) in [6, 6.07) is 5.64. The zero-order chi connectivity index (χ0) is 35.3. The Kier molecular flexibility index (Phi) is 12.0. The van der Waals surface area contributed by atoms with Gasteiger partial charge in [0.1, 0.15) is 18.3 Å². The number of likely N-dealkylation sites (tertiary alicyclic amines) is 1. The quantitative estimate of drug-likeness (QED) is 0.157. The van der Waals surface area contributed by atoms with E-state index in [1.165, 1.54) is 4.90 Å². The number of carbonyl (C=O) groups is 4. The molecule has 1 aliphatic heterocycles. The third-order valence-corrected chi connectivity index (χ3v) is 7.33. The van der Waals surface area contributed by atoms with E-state index < -0.39 is 89.4 Å². The number of para-hydroxylation sites is 1. The molecule has 0 aliphatic carbocycles. The Labute approximate surface area is 270 Å². The molecule has 0 spiro atoms. The minimum Gasteiger partial charge on any atom is -0.485 e. The van der Waals surface area contributed by atoms with E-state index in [-0.39, 0.29) is 24.6 Å². The number of aliphatic hydroxyl groups is 1. The smallest absolute Gasteiger partial charge is 0.313 e. The Bertz CT molecular complexity index is 1460. The summed E-state index contributed by atoms with van der Waals surface area (Å²) in [5.41, 5.74) is 0.0503. The van der Waals surface area contributed by atoms with Gasteiger partial charge in [-0.15, -0.1) is 0 Å². The second-order valence-corrected chi connectivity index (χ2v) is 13.4. The van der Waals surface area contributed by atoms with Crippen LogP contribution in [0.25, 0.3) is 0 Å². The Hall–Kier alpha value is -4.20. The van der Waals surface area contributed by atoms with Crippen molar-refractivity contribution in [2.24, 2.45) is 5.92 Å². The third-order valence-electron chi connectivity index (χ3n) is 7.33.